The van der Waals surface area contributed by atoms with Gasteiger partial charge in [-0.05, 0) is 6.42 Å². The fourth-order valence-electron chi connectivity index (χ4n) is 1.64. The third kappa shape index (κ3) is 1.31. The fourth-order valence-corrected chi connectivity index (χ4v) is 1.64. The van der Waals surface area contributed by atoms with Crippen molar-refractivity contribution in [2.24, 2.45) is 5.41 Å². The topological polar surface area (TPSA) is 99.8 Å². The number of nitrogen functional groups attached to an aromatic ring is 1. The summed E-state index contributed by atoms with van der Waals surface area (Å²) in [5.74, 6) is 0.789. The molecule has 0 radical (unpaired) electrons. The largest absolute Gasteiger partial charge is 0.392 e. The van der Waals surface area contributed by atoms with E-state index in [1.54, 1.807) is 0 Å². The summed E-state index contributed by atoms with van der Waals surface area (Å²) in [5.41, 5.74) is 5.26. The first-order chi connectivity index (χ1) is 6.50. The van der Waals surface area contributed by atoms with E-state index >= 15 is 0 Å². The van der Waals surface area contributed by atoms with Gasteiger partial charge < -0.3 is 16.2 Å². The van der Waals surface area contributed by atoms with E-state index in [4.69, 9.17) is 5.73 Å². The Morgan fingerprint density at radius 1 is 1.64 bits per heavy atom. The average Bonchev–Trinajstić information content (AvgIpc) is 2.51. The normalized spacial score (nSPS) is 29.6. The van der Waals surface area contributed by atoms with Gasteiger partial charge in [0.1, 0.15) is 0 Å². The lowest BCUT2D eigenvalue weighted by Gasteiger charge is -2.49. The highest BCUT2D eigenvalue weighted by Gasteiger charge is 2.47. The Kier molecular flexibility index (Phi) is 1.88. The molecule has 0 amide bonds. The van der Waals surface area contributed by atoms with Crippen LogP contribution in [-0.4, -0.2) is 32.4 Å². The van der Waals surface area contributed by atoms with Gasteiger partial charge in [-0.25, -0.2) is 5.10 Å². The molecule has 0 saturated heterocycles. The number of aliphatic hydroxyl groups is 1. The van der Waals surface area contributed by atoms with Gasteiger partial charge >= 0.3 is 0 Å². The number of aromatic nitrogens is 3. The second-order valence-corrected chi connectivity index (χ2v) is 4.31. The minimum absolute atomic E-state index is 0.130. The van der Waals surface area contributed by atoms with Crippen LogP contribution < -0.4 is 11.1 Å². The Hall–Kier alpha value is -1.30. The maximum Gasteiger partial charge on any atom is 0.243 e. The predicted octanol–water partition coefficient (Wildman–Crippen LogP) is -0.0418. The molecule has 1 aliphatic carbocycles. The molecule has 78 valence electrons. The molecule has 0 aromatic carbocycles. The number of aliphatic hydroxyl groups excluding tert-OH is 1. The van der Waals surface area contributed by atoms with Crippen molar-refractivity contribution >= 4 is 11.9 Å². The summed E-state index contributed by atoms with van der Waals surface area (Å²) >= 11 is 0. The minimum atomic E-state index is -0.253. The molecule has 2 atom stereocenters. The third-order valence-electron chi connectivity index (χ3n) is 3.02. The Bertz CT molecular complexity index is 334. The van der Waals surface area contributed by atoms with Crippen LogP contribution in [0.3, 0.4) is 0 Å². The Labute approximate surface area is 81.9 Å². The lowest BCUT2D eigenvalue weighted by atomic mass is 9.65. The van der Waals surface area contributed by atoms with E-state index in [1.807, 2.05) is 13.8 Å². The number of nitrogens with zero attached hydrogens (tertiary/aromatic N) is 2. The van der Waals surface area contributed by atoms with Crippen LogP contribution in [0, 0.1) is 5.41 Å². The number of nitrogens with one attached hydrogen (secondary N) is 2. The quantitative estimate of drug-likeness (QED) is 0.533. The number of aromatic amines is 1. The van der Waals surface area contributed by atoms with E-state index < -0.39 is 0 Å². The monoisotopic (exact) mass is 197 g/mol. The van der Waals surface area contributed by atoms with Gasteiger partial charge in [0.2, 0.25) is 11.9 Å². The molecule has 2 unspecified atom stereocenters. The highest BCUT2D eigenvalue weighted by Crippen LogP contribution is 2.41. The summed E-state index contributed by atoms with van der Waals surface area (Å²) in [5, 5.41) is 19.1. The molecular weight excluding hydrogens is 182 g/mol. The molecule has 0 bridgehead atoms. The summed E-state index contributed by atoms with van der Waals surface area (Å²) in [6.07, 6.45) is 0.470. The summed E-state index contributed by atoms with van der Waals surface area (Å²) in [7, 11) is 0. The standard InChI is InChI=1S/C8H15N5O/c1-8(2)4(3-5(8)14)10-7-11-6(9)12-13-7/h4-5,14H,3H2,1-2H3,(H4,9,10,11,12,13). The van der Waals surface area contributed by atoms with E-state index in [0.717, 1.165) is 6.42 Å². The number of anilines is 2. The molecule has 1 aromatic heterocycles. The van der Waals surface area contributed by atoms with Crippen molar-refractivity contribution in [1.29, 1.82) is 0 Å². The first-order valence-corrected chi connectivity index (χ1v) is 4.62. The molecule has 14 heavy (non-hydrogen) atoms. The van der Waals surface area contributed by atoms with Crippen molar-refractivity contribution in [3.05, 3.63) is 0 Å². The summed E-state index contributed by atoms with van der Waals surface area (Å²) in [4.78, 5) is 3.94. The Balaban J connectivity index is 2.00. The highest BCUT2D eigenvalue weighted by atomic mass is 16.3. The van der Waals surface area contributed by atoms with E-state index in [-0.39, 0.29) is 17.6 Å². The lowest BCUT2D eigenvalue weighted by Crippen LogP contribution is -2.57. The molecule has 1 heterocycles. The summed E-state index contributed by atoms with van der Waals surface area (Å²) < 4.78 is 0. The average molecular weight is 197 g/mol. The van der Waals surface area contributed by atoms with Crippen molar-refractivity contribution in [3.8, 4) is 0 Å². The molecule has 1 aliphatic rings. The zero-order valence-electron chi connectivity index (χ0n) is 8.28. The fraction of sp³-hybridized carbons (Fsp3) is 0.750. The second-order valence-electron chi connectivity index (χ2n) is 4.31. The van der Waals surface area contributed by atoms with E-state index in [2.05, 4.69) is 20.5 Å². The van der Waals surface area contributed by atoms with Crippen LogP contribution >= 0.6 is 0 Å². The van der Waals surface area contributed by atoms with Crippen LogP contribution in [0.15, 0.2) is 0 Å². The number of hydrogen-bond acceptors (Lipinski definition) is 5. The van der Waals surface area contributed by atoms with Crippen LogP contribution in [0.25, 0.3) is 0 Å². The van der Waals surface area contributed by atoms with Gasteiger partial charge in [0.05, 0.1) is 6.10 Å². The van der Waals surface area contributed by atoms with Gasteiger partial charge in [0, 0.05) is 11.5 Å². The van der Waals surface area contributed by atoms with Gasteiger partial charge in [-0.1, -0.05) is 13.8 Å². The van der Waals surface area contributed by atoms with Crippen LogP contribution in [0.2, 0.25) is 0 Å². The van der Waals surface area contributed by atoms with Gasteiger partial charge in [-0.15, -0.1) is 5.10 Å². The molecule has 6 heteroatoms. The first-order valence-electron chi connectivity index (χ1n) is 4.62. The van der Waals surface area contributed by atoms with Crippen molar-refractivity contribution in [1.82, 2.24) is 15.2 Å². The molecule has 2 rings (SSSR count). The molecule has 1 saturated carbocycles. The maximum atomic E-state index is 9.52. The van der Waals surface area contributed by atoms with Crippen LogP contribution in [0.4, 0.5) is 11.9 Å². The first kappa shape index (κ1) is 9.26. The van der Waals surface area contributed by atoms with Crippen molar-refractivity contribution in [2.45, 2.75) is 32.4 Å². The van der Waals surface area contributed by atoms with Crippen LogP contribution in [0.5, 0.6) is 0 Å². The second kappa shape index (κ2) is 2.84. The van der Waals surface area contributed by atoms with Gasteiger partial charge in [0.15, 0.2) is 0 Å². The lowest BCUT2D eigenvalue weighted by molar-refractivity contribution is -0.0512. The van der Waals surface area contributed by atoms with E-state index in [0.29, 0.717) is 11.9 Å². The van der Waals surface area contributed by atoms with Crippen LogP contribution in [-0.2, 0) is 0 Å². The van der Waals surface area contributed by atoms with Gasteiger partial charge in [-0.3, -0.25) is 0 Å². The molecule has 5 N–H and O–H groups in total. The molecule has 1 fully saturated rings. The molecule has 1 aromatic rings. The highest BCUT2D eigenvalue weighted by molar-refractivity contribution is 5.33. The zero-order valence-corrected chi connectivity index (χ0v) is 8.28. The Morgan fingerprint density at radius 2 is 2.36 bits per heavy atom. The minimum Gasteiger partial charge on any atom is -0.392 e. The molecule has 0 spiro atoms. The third-order valence-corrected chi connectivity index (χ3v) is 3.02. The molecular formula is C8H15N5O. The number of hydrogen-bond donors (Lipinski definition) is 4. The van der Waals surface area contributed by atoms with Crippen molar-refractivity contribution in [2.75, 3.05) is 11.1 Å². The smallest absolute Gasteiger partial charge is 0.243 e. The van der Waals surface area contributed by atoms with Gasteiger partial charge in [0.25, 0.3) is 0 Å². The zero-order chi connectivity index (χ0) is 10.3. The van der Waals surface area contributed by atoms with Crippen molar-refractivity contribution in [3.63, 3.8) is 0 Å². The van der Waals surface area contributed by atoms with E-state index in [1.165, 1.54) is 0 Å². The summed E-state index contributed by atoms with van der Waals surface area (Å²) in [6.45, 7) is 4.02. The predicted molar refractivity (Wildman–Crippen MR) is 52.6 cm³/mol. The van der Waals surface area contributed by atoms with E-state index in [9.17, 15) is 5.11 Å². The van der Waals surface area contributed by atoms with Crippen molar-refractivity contribution < 1.29 is 5.11 Å². The number of rotatable bonds is 2. The van der Waals surface area contributed by atoms with Gasteiger partial charge in [-0.2, -0.15) is 4.98 Å². The number of H-pyrrole nitrogens is 1. The molecule has 6 nitrogen and oxygen atoms in total. The maximum absolute atomic E-state index is 9.52. The SMILES string of the molecule is CC1(C)C(O)CC1Nc1n[nH]c(N)n1. The van der Waals surface area contributed by atoms with Crippen LogP contribution in [0.1, 0.15) is 20.3 Å². The number of nitrogens with two attached hydrogens (primary N) is 1. The summed E-state index contributed by atoms with van der Waals surface area (Å²) in [6, 6.07) is 0.202. The Morgan fingerprint density at radius 3 is 2.79 bits per heavy atom. The molecule has 0 aliphatic heterocycles.